The molecule has 36 heavy (non-hydrogen) atoms. The molecule has 5 rings (SSSR count). The molecule has 1 atom stereocenters. The average molecular weight is 479 g/mol. The zero-order valence-electron chi connectivity index (χ0n) is 19.6. The first-order valence-corrected chi connectivity index (χ1v) is 11.4. The van der Waals surface area contributed by atoms with Crippen LogP contribution in [0.25, 0.3) is 10.8 Å². The number of carbonyl (C=O) groups excluding carboxylic acids is 4. The summed E-state index contributed by atoms with van der Waals surface area (Å²) in [7, 11) is 0. The van der Waals surface area contributed by atoms with Crippen molar-refractivity contribution in [2.45, 2.75) is 20.0 Å². The van der Waals surface area contributed by atoms with Gasteiger partial charge in [-0.3, -0.25) is 14.4 Å². The normalized spacial score (nSPS) is 13.4. The van der Waals surface area contributed by atoms with Crippen LogP contribution >= 0.6 is 0 Å². The number of amides is 3. The fraction of sp³-hybridized carbons (Fsp3) is 0.103. The second kappa shape index (κ2) is 9.11. The number of nitrogens with one attached hydrogen (secondary N) is 1. The van der Waals surface area contributed by atoms with Crippen molar-refractivity contribution in [3.63, 3.8) is 0 Å². The Bertz CT molecular complexity index is 1550. The van der Waals surface area contributed by atoms with Gasteiger partial charge in [0.05, 0.1) is 22.4 Å². The Morgan fingerprint density at radius 3 is 2.33 bits per heavy atom. The molecule has 1 aliphatic rings. The van der Waals surface area contributed by atoms with Crippen LogP contribution in [0.4, 0.5) is 11.4 Å². The fourth-order valence-corrected chi connectivity index (χ4v) is 4.25. The molecule has 1 unspecified atom stereocenters. The van der Waals surface area contributed by atoms with Crippen LogP contribution < -0.4 is 10.2 Å². The maximum Gasteiger partial charge on any atom is 0.338 e. The summed E-state index contributed by atoms with van der Waals surface area (Å²) in [5, 5.41) is 4.64. The molecular formula is C29H22N2O5. The number of fused-ring (bicyclic) bond motifs is 2. The quantitative estimate of drug-likeness (QED) is 0.317. The number of hydrogen-bond acceptors (Lipinski definition) is 5. The summed E-state index contributed by atoms with van der Waals surface area (Å²) < 4.78 is 5.37. The van der Waals surface area contributed by atoms with E-state index in [2.05, 4.69) is 5.32 Å². The molecular weight excluding hydrogens is 456 g/mol. The molecule has 4 aromatic carbocycles. The number of benzene rings is 4. The van der Waals surface area contributed by atoms with Crippen molar-refractivity contribution in [2.75, 3.05) is 10.2 Å². The molecule has 0 saturated carbocycles. The molecule has 4 aromatic rings. The average Bonchev–Trinajstić information content (AvgIpc) is 3.13. The van der Waals surface area contributed by atoms with Crippen molar-refractivity contribution in [1.29, 1.82) is 0 Å². The number of esters is 1. The predicted molar refractivity (Wildman–Crippen MR) is 136 cm³/mol. The number of imide groups is 1. The van der Waals surface area contributed by atoms with Crippen molar-refractivity contribution in [2.24, 2.45) is 0 Å². The molecule has 1 N–H and O–H groups in total. The minimum atomic E-state index is -1.09. The van der Waals surface area contributed by atoms with E-state index in [9.17, 15) is 19.2 Å². The summed E-state index contributed by atoms with van der Waals surface area (Å²) in [6, 6.07) is 24.4. The van der Waals surface area contributed by atoms with E-state index < -0.39 is 29.8 Å². The van der Waals surface area contributed by atoms with Gasteiger partial charge in [-0.1, -0.05) is 54.6 Å². The molecule has 3 amide bonds. The van der Waals surface area contributed by atoms with Crippen LogP contribution in [0, 0.1) is 6.92 Å². The van der Waals surface area contributed by atoms with Gasteiger partial charge in [0.2, 0.25) is 0 Å². The van der Waals surface area contributed by atoms with E-state index in [-0.39, 0.29) is 16.7 Å². The zero-order valence-corrected chi connectivity index (χ0v) is 19.6. The smallest absolute Gasteiger partial charge is 0.338 e. The Morgan fingerprint density at radius 2 is 1.53 bits per heavy atom. The summed E-state index contributed by atoms with van der Waals surface area (Å²) in [5.74, 6) is -2.22. The molecule has 1 heterocycles. The molecule has 0 fully saturated rings. The van der Waals surface area contributed by atoms with Gasteiger partial charge in [0.25, 0.3) is 17.7 Å². The first-order chi connectivity index (χ1) is 17.3. The van der Waals surface area contributed by atoms with Crippen LogP contribution in [0.15, 0.2) is 84.9 Å². The third-order valence-corrected chi connectivity index (χ3v) is 6.18. The summed E-state index contributed by atoms with van der Waals surface area (Å²) in [5.41, 5.74) is 2.28. The Kier molecular flexibility index (Phi) is 5.82. The highest BCUT2D eigenvalue weighted by Crippen LogP contribution is 2.31. The van der Waals surface area contributed by atoms with Crippen LogP contribution in [0.1, 0.15) is 43.6 Å². The number of hydrogen-bond donors (Lipinski definition) is 1. The standard InChI is InChI=1S/C29H22N2O5/c1-17-8-3-6-13-25(17)31-27(33)22-15-14-20(16-23(22)28(31)34)29(35)36-18(2)26(32)30-24-12-7-10-19-9-4-5-11-21(19)24/h3-16,18H,1-2H3,(H,30,32). The highest BCUT2D eigenvalue weighted by molar-refractivity contribution is 6.35. The van der Waals surface area contributed by atoms with Crippen LogP contribution in [0.5, 0.6) is 0 Å². The van der Waals surface area contributed by atoms with E-state index >= 15 is 0 Å². The minimum Gasteiger partial charge on any atom is -0.449 e. The fourth-order valence-electron chi connectivity index (χ4n) is 4.25. The van der Waals surface area contributed by atoms with E-state index in [1.807, 2.05) is 55.5 Å². The molecule has 1 aliphatic heterocycles. The van der Waals surface area contributed by atoms with E-state index in [1.165, 1.54) is 25.1 Å². The van der Waals surface area contributed by atoms with Gasteiger partial charge < -0.3 is 10.1 Å². The monoisotopic (exact) mass is 478 g/mol. The molecule has 0 aromatic heterocycles. The summed E-state index contributed by atoms with van der Waals surface area (Å²) >= 11 is 0. The van der Waals surface area contributed by atoms with Crippen LogP contribution in [-0.4, -0.2) is 29.8 Å². The second-order valence-corrected chi connectivity index (χ2v) is 8.56. The largest absolute Gasteiger partial charge is 0.449 e. The van der Waals surface area contributed by atoms with Crippen molar-refractivity contribution < 1.29 is 23.9 Å². The minimum absolute atomic E-state index is 0.0753. The molecule has 0 radical (unpaired) electrons. The van der Waals surface area contributed by atoms with Crippen LogP contribution in [-0.2, 0) is 9.53 Å². The van der Waals surface area contributed by atoms with E-state index in [0.29, 0.717) is 11.4 Å². The Balaban J connectivity index is 1.32. The highest BCUT2D eigenvalue weighted by atomic mass is 16.5. The third kappa shape index (κ3) is 4.01. The predicted octanol–water partition coefficient (Wildman–Crippen LogP) is 5.13. The van der Waals surface area contributed by atoms with Gasteiger partial charge in [0, 0.05) is 11.1 Å². The Hall–Kier alpha value is -4.78. The summed E-state index contributed by atoms with van der Waals surface area (Å²) in [6.07, 6.45) is -1.09. The maximum atomic E-state index is 13.1. The van der Waals surface area contributed by atoms with Gasteiger partial charge in [-0.05, 0) is 55.1 Å². The lowest BCUT2D eigenvalue weighted by Crippen LogP contribution is -2.30. The number of anilines is 2. The Morgan fingerprint density at radius 1 is 0.833 bits per heavy atom. The van der Waals surface area contributed by atoms with Crippen molar-refractivity contribution in [3.8, 4) is 0 Å². The van der Waals surface area contributed by atoms with Crippen molar-refractivity contribution in [3.05, 3.63) is 107 Å². The lowest BCUT2D eigenvalue weighted by Gasteiger charge is -2.16. The van der Waals surface area contributed by atoms with Gasteiger partial charge in [0.1, 0.15) is 0 Å². The lowest BCUT2D eigenvalue weighted by atomic mass is 10.1. The lowest BCUT2D eigenvalue weighted by molar-refractivity contribution is -0.123. The SMILES string of the molecule is Cc1ccccc1N1C(=O)c2ccc(C(=O)OC(C)C(=O)Nc3cccc4ccccc34)cc2C1=O. The van der Waals surface area contributed by atoms with Gasteiger partial charge in [0.15, 0.2) is 6.10 Å². The first-order valence-electron chi connectivity index (χ1n) is 11.4. The number of para-hydroxylation sites is 1. The van der Waals surface area contributed by atoms with Crippen molar-refractivity contribution in [1.82, 2.24) is 0 Å². The third-order valence-electron chi connectivity index (χ3n) is 6.18. The zero-order chi connectivity index (χ0) is 25.4. The molecule has 7 heteroatoms. The summed E-state index contributed by atoms with van der Waals surface area (Å²) in [4.78, 5) is 52.6. The molecule has 178 valence electrons. The topological polar surface area (TPSA) is 92.8 Å². The highest BCUT2D eigenvalue weighted by Gasteiger charge is 2.38. The number of ether oxygens (including phenoxy) is 1. The molecule has 0 spiro atoms. The number of rotatable bonds is 5. The van der Waals surface area contributed by atoms with Crippen LogP contribution in [0.3, 0.4) is 0 Å². The maximum absolute atomic E-state index is 13.1. The summed E-state index contributed by atoms with van der Waals surface area (Å²) in [6.45, 7) is 3.28. The number of nitrogens with zero attached hydrogens (tertiary/aromatic N) is 1. The van der Waals surface area contributed by atoms with E-state index in [0.717, 1.165) is 21.2 Å². The number of carbonyl (C=O) groups is 4. The number of aryl methyl sites for hydroxylation is 1. The molecule has 7 nitrogen and oxygen atoms in total. The second-order valence-electron chi connectivity index (χ2n) is 8.56. The van der Waals surface area contributed by atoms with Gasteiger partial charge >= 0.3 is 5.97 Å². The van der Waals surface area contributed by atoms with E-state index in [4.69, 9.17) is 4.74 Å². The van der Waals surface area contributed by atoms with E-state index in [1.54, 1.807) is 18.2 Å². The molecule has 0 aliphatic carbocycles. The molecule has 0 bridgehead atoms. The Labute approximate surface area is 207 Å². The van der Waals surface area contributed by atoms with Gasteiger partial charge in [-0.2, -0.15) is 0 Å². The van der Waals surface area contributed by atoms with Crippen LogP contribution in [0.2, 0.25) is 0 Å². The molecule has 0 saturated heterocycles. The van der Waals surface area contributed by atoms with Crippen molar-refractivity contribution >= 4 is 45.8 Å². The first kappa shape index (κ1) is 23.0. The van der Waals surface area contributed by atoms with Gasteiger partial charge in [-0.15, -0.1) is 0 Å². The van der Waals surface area contributed by atoms with Gasteiger partial charge in [-0.25, -0.2) is 9.69 Å².